The SMILES string of the molecule is COC(=O)c1cc(C(=O)Nc2cccc(Cl)c2Cl)cc([N+](=O)[O-])c1. The van der Waals surface area contributed by atoms with Gasteiger partial charge in [0.25, 0.3) is 11.6 Å². The Morgan fingerprint density at radius 1 is 1.17 bits per heavy atom. The van der Waals surface area contributed by atoms with Crippen molar-refractivity contribution in [3.63, 3.8) is 0 Å². The van der Waals surface area contributed by atoms with Crippen LogP contribution in [0.15, 0.2) is 36.4 Å². The summed E-state index contributed by atoms with van der Waals surface area (Å²) in [5.74, 6) is -1.48. The normalized spacial score (nSPS) is 10.1. The minimum Gasteiger partial charge on any atom is -0.465 e. The molecule has 0 unspecified atom stereocenters. The van der Waals surface area contributed by atoms with Gasteiger partial charge in [0, 0.05) is 17.7 Å². The predicted octanol–water partition coefficient (Wildman–Crippen LogP) is 3.94. The van der Waals surface area contributed by atoms with Crippen LogP contribution in [0.1, 0.15) is 20.7 Å². The highest BCUT2D eigenvalue weighted by Gasteiger charge is 2.19. The molecular weight excluding hydrogens is 359 g/mol. The highest BCUT2D eigenvalue weighted by atomic mass is 35.5. The maximum Gasteiger partial charge on any atom is 0.338 e. The van der Waals surface area contributed by atoms with Crippen molar-refractivity contribution in [3.8, 4) is 0 Å². The van der Waals surface area contributed by atoms with Crippen molar-refractivity contribution in [2.24, 2.45) is 0 Å². The monoisotopic (exact) mass is 368 g/mol. The van der Waals surface area contributed by atoms with Crippen molar-refractivity contribution < 1.29 is 19.2 Å². The number of nitro benzene ring substituents is 1. The summed E-state index contributed by atoms with van der Waals surface area (Å²) in [6.07, 6.45) is 0. The molecule has 2 aromatic carbocycles. The van der Waals surface area contributed by atoms with Crippen LogP contribution in [-0.2, 0) is 4.74 Å². The fraction of sp³-hybridized carbons (Fsp3) is 0.0667. The number of esters is 1. The summed E-state index contributed by atoms with van der Waals surface area (Å²) in [6.45, 7) is 0. The number of nitro groups is 1. The molecule has 1 N–H and O–H groups in total. The van der Waals surface area contributed by atoms with Gasteiger partial charge in [-0.05, 0) is 18.2 Å². The Morgan fingerprint density at radius 3 is 2.46 bits per heavy atom. The lowest BCUT2D eigenvalue weighted by Crippen LogP contribution is -2.14. The van der Waals surface area contributed by atoms with Crippen LogP contribution in [0.3, 0.4) is 0 Å². The molecule has 9 heteroatoms. The van der Waals surface area contributed by atoms with Crippen LogP contribution in [-0.4, -0.2) is 23.9 Å². The van der Waals surface area contributed by atoms with Crippen LogP contribution in [0.4, 0.5) is 11.4 Å². The number of carbonyl (C=O) groups is 2. The lowest BCUT2D eigenvalue weighted by atomic mass is 10.1. The molecule has 0 aromatic heterocycles. The van der Waals surface area contributed by atoms with E-state index in [1.165, 1.54) is 12.1 Å². The number of hydrogen-bond donors (Lipinski definition) is 1. The van der Waals surface area contributed by atoms with Crippen molar-refractivity contribution in [1.29, 1.82) is 0 Å². The zero-order chi connectivity index (χ0) is 17.9. The topological polar surface area (TPSA) is 98.5 Å². The van der Waals surface area contributed by atoms with Gasteiger partial charge in [0.1, 0.15) is 0 Å². The molecule has 0 heterocycles. The molecule has 124 valence electrons. The minimum atomic E-state index is -0.798. The minimum absolute atomic E-state index is 0.0966. The second-order valence-electron chi connectivity index (χ2n) is 4.57. The van der Waals surface area contributed by atoms with Gasteiger partial charge in [-0.15, -0.1) is 0 Å². The van der Waals surface area contributed by atoms with E-state index in [2.05, 4.69) is 10.1 Å². The molecule has 24 heavy (non-hydrogen) atoms. The summed E-state index contributed by atoms with van der Waals surface area (Å²) in [5.41, 5.74) is -0.393. The number of carbonyl (C=O) groups excluding carboxylic acids is 2. The Balaban J connectivity index is 2.41. The first-order valence-electron chi connectivity index (χ1n) is 6.46. The van der Waals surface area contributed by atoms with Gasteiger partial charge in [-0.25, -0.2) is 4.79 Å². The molecule has 0 saturated heterocycles. The van der Waals surface area contributed by atoms with Crippen LogP contribution in [0.2, 0.25) is 10.0 Å². The third-order valence-corrected chi connectivity index (χ3v) is 3.83. The second kappa shape index (κ2) is 7.29. The van der Waals surface area contributed by atoms with E-state index in [1.54, 1.807) is 12.1 Å². The highest BCUT2D eigenvalue weighted by molar-refractivity contribution is 6.44. The van der Waals surface area contributed by atoms with Crippen LogP contribution in [0.5, 0.6) is 0 Å². The van der Waals surface area contributed by atoms with E-state index in [1.807, 2.05) is 0 Å². The Bertz CT molecular complexity index is 839. The van der Waals surface area contributed by atoms with Crippen LogP contribution >= 0.6 is 23.2 Å². The molecule has 0 saturated carbocycles. The van der Waals surface area contributed by atoms with Crippen LogP contribution < -0.4 is 5.32 Å². The first-order chi connectivity index (χ1) is 11.3. The second-order valence-corrected chi connectivity index (χ2v) is 5.36. The van der Waals surface area contributed by atoms with E-state index >= 15 is 0 Å². The maximum atomic E-state index is 12.3. The number of methoxy groups -OCH3 is 1. The van der Waals surface area contributed by atoms with Gasteiger partial charge < -0.3 is 10.1 Å². The molecule has 0 radical (unpaired) electrons. The number of rotatable bonds is 4. The maximum absolute atomic E-state index is 12.3. The van der Waals surface area contributed by atoms with Crippen LogP contribution in [0, 0.1) is 10.1 Å². The number of ether oxygens (including phenoxy) is 1. The molecule has 1 amide bonds. The summed E-state index contributed by atoms with van der Waals surface area (Å²) in [5, 5.41) is 13.8. The number of amides is 1. The molecule has 0 fully saturated rings. The van der Waals surface area contributed by atoms with Gasteiger partial charge in [0.2, 0.25) is 0 Å². The summed E-state index contributed by atoms with van der Waals surface area (Å²) in [4.78, 5) is 34.2. The van der Waals surface area contributed by atoms with Gasteiger partial charge >= 0.3 is 5.97 Å². The molecule has 0 atom stereocenters. The van der Waals surface area contributed by atoms with Crippen molar-refractivity contribution in [3.05, 3.63) is 67.7 Å². The zero-order valence-corrected chi connectivity index (χ0v) is 13.7. The quantitative estimate of drug-likeness (QED) is 0.500. The molecule has 0 aliphatic rings. The van der Waals surface area contributed by atoms with E-state index in [4.69, 9.17) is 23.2 Å². The average Bonchev–Trinajstić information content (AvgIpc) is 2.57. The molecule has 0 aliphatic carbocycles. The van der Waals surface area contributed by atoms with Gasteiger partial charge in [-0.3, -0.25) is 14.9 Å². The summed E-state index contributed by atoms with van der Waals surface area (Å²) < 4.78 is 4.53. The molecular formula is C15H10Cl2N2O5. The third kappa shape index (κ3) is 3.81. The number of halogens is 2. The summed E-state index contributed by atoms with van der Waals surface area (Å²) >= 11 is 11.8. The average molecular weight is 369 g/mol. The first kappa shape index (κ1) is 17.7. The first-order valence-corrected chi connectivity index (χ1v) is 7.22. The summed E-state index contributed by atoms with van der Waals surface area (Å²) in [7, 11) is 1.13. The Kier molecular flexibility index (Phi) is 5.38. The lowest BCUT2D eigenvalue weighted by molar-refractivity contribution is -0.384. The van der Waals surface area contributed by atoms with Gasteiger partial charge in [-0.1, -0.05) is 29.3 Å². The van der Waals surface area contributed by atoms with Crippen molar-refractivity contribution in [1.82, 2.24) is 0 Å². The Labute approximate surface area is 146 Å². The van der Waals surface area contributed by atoms with E-state index in [9.17, 15) is 19.7 Å². The van der Waals surface area contributed by atoms with Gasteiger partial charge in [-0.2, -0.15) is 0 Å². The summed E-state index contributed by atoms with van der Waals surface area (Å²) in [6, 6.07) is 7.89. The Hall–Kier alpha value is -2.64. The van der Waals surface area contributed by atoms with Gasteiger partial charge in [0.15, 0.2) is 0 Å². The third-order valence-electron chi connectivity index (χ3n) is 3.01. The van der Waals surface area contributed by atoms with E-state index in [0.717, 1.165) is 19.2 Å². The number of non-ortho nitro benzene ring substituents is 1. The number of nitrogens with zero attached hydrogens (tertiary/aromatic N) is 1. The fourth-order valence-corrected chi connectivity index (χ4v) is 2.23. The number of benzene rings is 2. The molecule has 0 spiro atoms. The van der Waals surface area contributed by atoms with Crippen molar-refractivity contribution in [2.75, 3.05) is 12.4 Å². The molecule has 2 rings (SSSR count). The molecule has 0 aliphatic heterocycles. The van der Waals surface area contributed by atoms with Crippen LogP contribution in [0.25, 0.3) is 0 Å². The van der Waals surface area contributed by atoms with E-state index in [0.29, 0.717) is 0 Å². The van der Waals surface area contributed by atoms with Crippen molar-refractivity contribution >= 4 is 46.5 Å². The zero-order valence-electron chi connectivity index (χ0n) is 12.2. The number of anilines is 1. The lowest BCUT2D eigenvalue weighted by Gasteiger charge is -2.09. The number of hydrogen-bond acceptors (Lipinski definition) is 5. The number of nitrogens with one attached hydrogen (secondary N) is 1. The van der Waals surface area contributed by atoms with Crippen molar-refractivity contribution in [2.45, 2.75) is 0 Å². The largest absolute Gasteiger partial charge is 0.465 e. The molecule has 2 aromatic rings. The van der Waals surface area contributed by atoms with E-state index in [-0.39, 0.29) is 26.9 Å². The van der Waals surface area contributed by atoms with Gasteiger partial charge in [0.05, 0.1) is 33.3 Å². The Morgan fingerprint density at radius 2 is 1.83 bits per heavy atom. The fourth-order valence-electron chi connectivity index (χ4n) is 1.88. The molecule has 0 bridgehead atoms. The standard InChI is InChI=1S/C15H10Cl2N2O5/c1-24-15(21)9-5-8(6-10(7-9)19(22)23)14(20)18-12-4-2-3-11(16)13(12)17/h2-7H,1H3,(H,18,20). The smallest absolute Gasteiger partial charge is 0.338 e. The van der Waals surface area contributed by atoms with E-state index < -0.39 is 22.5 Å². The molecule has 7 nitrogen and oxygen atoms in total. The predicted molar refractivity (Wildman–Crippen MR) is 88.9 cm³/mol. The highest BCUT2D eigenvalue weighted by Crippen LogP contribution is 2.30.